The molecule has 10 heteroatoms. The van der Waals surface area contributed by atoms with Gasteiger partial charge in [-0.05, 0) is 67.8 Å². The first-order valence-electron chi connectivity index (χ1n) is 14.5. The van der Waals surface area contributed by atoms with Gasteiger partial charge in [0.15, 0.2) is 0 Å². The van der Waals surface area contributed by atoms with E-state index in [-0.39, 0.29) is 35.0 Å². The molecule has 0 saturated carbocycles. The van der Waals surface area contributed by atoms with Crippen LogP contribution in [0.2, 0.25) is 5.02 Å². The second kappa shape index (κ2) is 11.9. The maximum atomic E-state index is 14.5. The van der Waals surface area contributed by atoms with Gasteiger partial charge in [0.1, 0.15) is 5.78 Å². The van der Waals surface area contributed by atoms with Crippen molar-refractivity contribution in [2.24, 2.45) is 5.92 Å². The average Bonchev–Trinajstić information content (AvgIpc) is 3.01. The average molecular weight is 649 g/mol. The molecule has 44 heavy (non-hydrogen) atoms. The number of halogens is 1. The van der Waals surface area contributed by atoms with Crippen LogP contribution in [0.25, 0.3) is 0 Å². The van der Waals surface area contributed by atoms with Crippen LogP contribution in [-0.4, -0.2) is 43.8 Å². The van der Waals surface area contributed by atoms with Gasteiger partial charge in [0.25, 0.3) is 0 Å². The Morgan fingerprint density at radius 3 is 1.80 bits per heavy atom. The first kappa shape index (κ1) is 30.7. The first-order chi connectivity index (χ1) is 21.0. The summed E-state index contributed by atoms with van der Waals surface area (Å²) < 4.78 is 60.3. The van der Waals surface area contributed by atoms with Crippen molar-refractivity contribution in [1.29, 1.82) is 0 Å². The predicted octanol–water partition coefficient (Wildman–Crippen LogP) is 6.48. The molecule has 2 unspecified atom stereocenters. The number of Topliss-reactive ketones (excluding diaryl/α,β-unsaturated/α-hetero) is 1. The number of carbonyl (C=O) groups excluding carboxylic acids is 1. The monoisotopic (exact) mass is 648 g/mol. The van der Waals surface area contributed by atoms with Gasteiger partial charge in [-0.25, -0.2) is 16.8 Å². The van der Waals surface area contributed by atoms with E-state index in [1.54, 1.807) is 24.3 Å². The van der Waals surface area contributed by atoms with Crippen LogP contribution in [0.1, 0.15) is 47.2 Å². The smallest absolute Gasteiger partial charge is 0.243 e. The van der Waals surface area contributed by atoms with Crippen LogP contribution in [0.3, 0.4) is 0 Å². The molecule has 228 valence electrons. The van der Waals surface area contributed by atoms with Crippen molar-refractivity contribution in [3.05, 3.63) is 130 Å². The largest absolute Gasteiger partial charge is 0.299 e. The van der Waals surface area contributed by atoms with Crippen LogP contribution in [0, 0.1) is 19.8 Å². The maximum Gasteiger partial charge on any atom is 0.243 e. The van der Waals surface area contributed by atoms with Crippen LogP contribution < -0.4 is 0 Å². The van der Waals surface area contributed by atoms with E-state index < -0.39 is 44.1 Å². The number of aryl methyl sites for hydroxylation is 2. The lowest BCUT2D eigenvalue weighted by molar-refractivity contribution is -0.132. The van der Waals surface area contributed by atoms with Gasteiger partial charge in [0.05, 0.1) is 21.9 Å². The zero-order valence-corrected chi connectivity index (χ0v) is 26.8. The van der Waals surface area contributed by atoms with E-state index in [0.29, 0.717) is 5.02 Å². The zero-order chi connectivity index (χ0) is 31.2. The minimum atomic E-state index is -4.09. The lowest BCUT2D eigenvalue weighted by Crippen LogP contribution is -2.60. The Balaban J connectivity index is 1.50. The second-order valence-corrected chi connectivity index (χ2v) is 15.8. The third kappa shape index (κ3) is 5.63. The van der Waals surface area contributed by atoms with Crippen LogP contribution in [0.15, 0.2) is 113 Å². The molecule has 6 rings (SSSR count). The number of rotatable bonds is 6. The topological polar surface area (TPSA) is 91.8 Å². The normalized spacial score (nSPS) is 23.3. The summed E-state index contributed by atoms with van der Waals surface area (Å²) >= 11 is 6.06. The molecule has 0 radical (unpaired) electrons. The summed E-state index contributed by atoms with van der Waals surface area (Å²) in [7, 11) is -8.17. The Kier molecular flexibility index (Phi) is 8.28. The Morgan fingerprint density at radius 1 is 0.659 bits per heavy atom. The number of fused-ring (bicyclic) bond motifs is 1. The summed E-state index contributed by atoms with van der Waals surface area (Å²) in [5.41, 5.74) is 3.39. The van der Waals surface area contributed by atoms with E-state index in [1.807, 2.05) is 68.4 Å². The molecule has 2 saturated heterocycles. The van der Waals surface area contributed by atoms with Gasteiger partial charge < -0.3 is 0 Å². The van der Waals surface area contributed by atoms with Gasteiger partial charge in [-0.2, -0.15) is 8.61 Å². The van der Waals surface area contributed by atoms with E-state index in [9.17, 15) is 21.6 Å². The molecule has 0 aromatic heterocycles. The fourth-order valence-electron chi connectivity index (χ4n) is 6.43. The third-order valence-corrected chi connectivity index (χ3v) is 12.8. The molecule has 2 heterocycles. The number of hydrogen-bond acceptors (Lipinski definition) is 5. The van der Waals surface area contributed by atoms with Crippen LogP contribution in [0.5, 0.6) is 0 Å². The summed E-state index contributed by atoms with van der Waals surface area (Å²) in [5, 5.41) is 0.407. The van der Waals surface area contributed by atoms with Crippen molar-refractivity contribution in [2.45, 2.75) is 54.6 Å². The first-order valence-corrected chi connectivity index (χ1v) is 17.7. The van der Waals surface area contributed by atoms with E-state index >= 15 is 0 Å². The Labute approximate surface area is 264 Å². The Hall–Kier alpha value is -3.34. The van der Waals surface area contributed by atoms with E-state index in [2.05, 4.69) is 0 Å². The molecule has 4 aromatic rings. The summed E-state index contributed by atoms with van der Waals surface area (Å²) in [6.07, 6.45) is 0.0566. The summed E-state index contributed by atoms with van der Waals surface area (Å²) in [5.74, 6) is -1.00. The van der Waals surface area contributed by atoms with E-state index in [4.69, 9.17) is 11.6 Å². The molecule has 0 bridgehead atoms. The number of ketones is 1. The molecule has 0 aliphatic carbocycles. The third-order valence-electron chi connectivity index (χ3n) is 8.76. The number of nitrogens with zero attached hydrogens (tertiary/aromatic N) is 2. The summed E-state index contributed by atoms with van der Waals surface area (Å²) in [6.45, 7) is 3.69. The van der Waals surface area contributed by atoms with Gasteiger partial charge in [-0.3, -0.25) is 4.79 Å². The highest BCUT2D eigenvalue weighted by Gasteiger charge is 2.54. The van der Waals surface area contributed by atoms with Crippen molar-refractivity contribution in [1.82, 2.24) is 8.61 Å². The van der Waals surface area contributed by atoms with Crippen LogP contribution in [-0.2, 0) is 24.8 Å². The summed E-state index contributed by atoms with van der Waals surface area (Å²) in [4.78, 5) is 14.1. The molecule has 0 spiro atoms. The van der Waals surface area contributed by atoms with E-state index in [0.717, 1.165) is 22.3 Å². The van der Waals surface area contributed by atoms with Gasteiger partial charge in [0, 0.05) is 29.9 Å². The quantitative estimate of drug-likeness (QED) is 0.239. The van der Waals surface area contributed by atoms with E-state index in [1.165, 1.54) is 32.9 Å². The minimum absolute atomic E-state index is 0.0553. The van der Waals surface area contributed by atoms with Crippen molar-refractivity contribution >= 4 is 37.4 Å². The fourth-order valence-corrected chi connectivity index (χ4v) is 10.1. The number of sulfonamides is 2. The van der Waals surface area contributed by atoms with Crippen molar-refractivity contribution in [3.63, 3.8) is 0 Å². The van der Waals surface area contributed by atoms with Crippen LogP contribution in [0.4, 0.5) is 0 Å². The Bertz CT molecular complexity index is 1880. The number of carbonyl (C=O) groups is 1. The number of benzene rings is 4. The van der Waals surface area contributed by atoms with Gasteiger partial charge in [-0.1, -0.05) is 89.5 Å². The maximum absolute atomic E-state index is 14.5. The molecular weight excluding hydrogens is 616 g/mol. The van der Waals surface area contributed by atoms with Crippen molar-refractivity contribution in [2.75, 3.05) is 6.54 Å². The second-order valence-electron chi connectivity index (χ2n) is 11.6. The highest BCUT2D eigenvalue weighted by Crippen LogP contribution is 2.48. The SMILES string of the molecule is Cc1ccc(C2C[C@H]3[C@@H](CN2S(=O)(=O)c2ccc(Cl)cc2)C(=O)CC(c2ccccc2)N3S(=O)(=O)c2ccc(C)cc2)cc1. The number of piperidine rings is 2. The van der Waals surface area contributed by atoms with Crippen LogP contribution >= 0.6 is 11.6 Å². The fraction of sp³-hybridized carbons (Fsp3) is 0.265. The Morgan fingerprint density at radius 2 is 1.18 bits per heavy atom. The van der Waals surface area contributed by atoms with Gasteiger partial charge in [-0.15, -0.1) is 0 Å². The zero-order valence-electron chi connectivity index (χ0n) is 24.4. The predicted molar refractivity (Wildman–Crippen MR) is 170 cm³/mol. The van der Waals surface area contributed by atoms with Crippen molar-refractivity contribution in [3.8, 4) is 0 Å². The molecule has 2 aliphatic heterocycles. The standard InChI is InChI=1S/C34H33ClN2O5S2/c1-23-8-12-26(13-9-23)31-20-33-30(22-36(31)43(39,40)28-18-14-27(35)15-19-28)34(38)21-32(25-6-4-3-5-7-25)37(33)44(41,42)29-16-10-24(2)11-17-29/h3-19,30-33H,20-22H2,1-2H3/t30-,31?,32?,33+/m1/s1. The highest BCUT2D eigenvalue weighted by atomic mass is 35.5. The van der Waals surface area contributed by atoms with Gasteiger partial charge in [0.2, 0.25) is 20.0 Å². The summed E-state index contributed by atoms with van der Waals surface area (Å²) in [6, 6.07) is 27.2. The minimum Gasteiger partial charge on any atom is -0.299 e. The van der Waals surface area contributed by atoms with Gasteiger partial charge >= 0.3 is 0 Å². The molecule has 2 aliphatic rings. The molecule has 4 aromatic carbocycles. The lowest BCUT2D eigenvalue weighted by atomic mass is 9.77. The molecule has 0 amide bonds. The highest BCUT2D eigenvalue weighted by molar-refractivity contribution is 7.89. The molecule has 7 nitrogen and oxygen atoms in total. The lowest BCUT2D eigenvalue weighted by Gasteiger charge is -2.51. The molecule has 2 fully saturated rings. The number of hydrogen-bond donors (Lipinski definition) is 0. The molecule has 4 atom stereocenters. The molecular formula is C34H33ClN2O5S2. The molecule has 0 N–H and O–H groups in total. The van der Waals surface area contributed by atoms with Crippen molar-refractivity contribution < 1.29 is 21.6 Å².